The van der Waals surface area contributed by atoms with E-state index in [1.165, 1.54) is 0 Å². The van der Waals surface area contributed by atoms with Crippen molar-refractivity contribution in [2.24, 2.45) is 5.92 Å². The van der Waals surface area contributed by atoms with Gasteiger partial charge in [-0.2, -0.15) is 0 Å². The quantitative estimate of drug-likeness (QED) is 0.751. The lowest BCUT2D eigenvalue weighted by Crippen LogP contribution is -2.64. The Morgan fingerprint density at radius 2 is 2.00 bits per heavy atom. The number of nitrogens with zero attached hydrogens (tertiary/aromatic N) is 1. The second-order valence-corrected chi connectivity index (χ2v) is 5.09. The number of nitrogens with one attached hydrogen (secondary N) is 1. The summed E-state index contributed by atoms with van der Waals surface area (Å²) in [4.78, 5) is 25.7. The normalized spacial score (nSPS) is 27.0. The van der Waals surface area contributed by atoms with E-state index in [2.05, 4.69) is 11.9 Å². The van der Waals surface area contributed by atoms with Crippen LogP contribution < -0.4 is 5.32 Å². The third-order valence-corrected chi connectivity index (χ3v) is 3.15. The van der Waals surface area contributed by atoms with Gasteiger partial charge in [0.15, 0.2) is 0 Å². The van der Waals surface area contributed by atoms with Gasteiger partial charge in [-0.1, -0.05) is 19.9 Å². The summed E-state index contributed by atoms with van der Waals surface area (Å²) in [6, 6.07) is -0.918. The average molecular weight is 238 g/mol. The van der Waals surface area contributed by atoms with Gasteiger partial charge in [0.2, 0.25) is 11.8 Å². The first-order chi connectivity index (χ1) is 7.88. The summed E-state index contributed by atoms with van der Waals surface area (Å²) < 4.78 is 0. The molecule has 1 saturated heterocycles. The molecular formula is C13H22N2O2. The molecule has 0 radical (unpaired) electrons. The van der Waals surface area contributed by atoms with Crippen LogP contribution in [0.4, 0.5) is 0 Å². The van der Waals surface area contributed by atoms with Crippen molar-refractivity contribution in [2.75, 3.05) is 0 Å². The van der Waals surface area contributed by atoms with Gasteiger partial charge < -0.3 is 10.2 Å². The van der Waals surface area contributed by atoms with Crippen molar-refractivity contribution in [1.29, 1.82) is 0 Å². The van der Waals surface area contributed by atoms with Crippen LogP contribution in [-0.2, 0) is 9.59 Å². The molecule has 0 aromatic rings. The number of carbonyl (C=O) groups is 2. The number of rotatable bonds is 4. The van der Waals surface area contributed by atoms with Gasteiger partial charge in [0.1, 0.15) is 12.1 Å². The first kappa shape index (κ1) is 13.7. The molecule has 0 bridgehead atoms. The topological polar surface area (TPSA) is 49.4 Å². The van der Waals surface area contributed by atoms with E-state index in [1.54, 1.807) is 17.9 Å². The van der Waals surface area contributed by atoms with Gasteiger partial charge in [0, 0.05) is 6.04 Å². The maximum Gasteiger partial charge on any atom is 0.246 e. The molecule has 3 unspecified atom stereocenters. The van der Waals surface area contributed by atoms with Crippen LogP contribution in [0.2, 0.25) is 0 Å². The van der Waals surface area contributed by atoms with E-state index in [1.807, 2.05) is 20.8 Å². The van der Waals surface area contributed by atoms with Crippen LogP contribution in [-0.4, -0.2) is 34.8 Å². The standard InChI is InChI=1S/C13H22N2O2/c1-6-9(4)15-10(5)12(16)14-11(13(15)17)7-8(2)3/h6,8-11H,1,7H2,2-5H3,(H,14,16). The fraction of sp³-hybridized carbons (Fsp3) is 0.692. The van der Waals surface area contributed by atoms with Crippen molar-refractivity contribution < 1.29 is 9.59 Å². The first-order valence-corrected chi connectivity index (χ1v) is 6.13. The highest BCUT2D eigenvalue weighted by Gasteiger charge is 2.39. The summed E-state index contributed by atoms with van der Waals surface area (Å²) >= 11 is 0. The molecule has 4 heteroatoms. The second-order valence-electron chi connectivity index (χ2n) is 5.09. The highest BCUT2D eigenvalue weighted by atomic mass is 16.2. The molecule has 96 valence electrons. The van der Waals surface area contributed by atoms with Crippen LogP contribution in [0.1, 0.15) is 34.1 Å². The van der Waals surface area contributed by atoms with Gasteiger partial charge in [-0.25, -0.2) is 0 Å². The predicted octanol–water partition coefficient (Wildman–Crippen LogP) is 1.32. The molecule has 1 heterocycles. The number of amides is 2. The highest BCUT2D eigenvalue weighted by Crippen LogP contribution is 2.18. The van der Waals surface area contributed by atoms with Crippen molar-refractivity contribution >= 4 is 11.8 Å². The predicted molar refractivity (Wildman–Crippen MR) is 67.4 cm³/mol. The molecule has 4 nitrogen and oxygen atoms in total. The fourth-order valence-corrected chi connectivity index (χ4v) is 2.15. The van der Waals surface area contributed by atoms with Gasteiger partial charge >= 0.3 is 0 Å². The molecule has 3 atom stereocenters. The van der Waals surface area contributed by atoms with Crippen molar-refractivity contribution in [1.82, 2.24) is 10.2 Å². The first-order valence-electron chi connectivity index (χ1n) is 6.13. The molecule has 2 amide bonds. The Balaban J connectivity index is 2.90. The Morgan fingerprint density at radius 3 is 2.47 bits per heavy atom. The summed E-state index contributed by atoms with van der Waals surface area (Å²) in [5, 5.41) is 2.79. The summed E-state index contributed by atoms with van der Waals surface area (Å²) in [7, 11) is 0. The molecule has 0 spiro atoms. The van der Waals surface area contributed by atoms with Crippen molar-refractivity contribution in [3.8, 4) is 0 Å². The van der Waals surface area contributed by atoms with Crippen LogP contribution in [0, 0.1) is 5.92 Å². The largest absolute Gasteiger partial charge is 0.343 e. The Labute approximate surface area is 103 Å². The van der Waals surface area contributed by atoms with Crippen LogP contribution in [0.15, 0.2) is 12.7 Å². The van der Waals surface area contributed by atoms with E-state index in [9.17, 15) is 9.59 Å². The summed E-state index contributed by atoms with van der Waals surface area (Å²) in [5.41, 5.74) is 0. The Bertz CT molecular complexity index is 325. The van der Waals surface area contributed by atoms with E-state index in [0.717, 1.165) is 0 Å². The van der Waals surface area contributed by atoms with Crippen molar-refractivity contribution in [2.45, 2.75) is 52.2 Å². The summed E-state index contributed by atoms with van der Waals surface area (Å²) in [5.74, 6) is 0.292. The number of carbonyl (C=O) groups excluding carboxylic acids is 2. The second kappa shape index (κ2) is 5.34. The Morgan fingerprint density at radius 1 is 1.41 bits per heavy atom. The molecule has 0 aliphatic carbocycles. The van der Waals surface area contributed by atoms with Gasteiger partial charge in [0.05, 0.1) is 0 Å². The van der Waals surface area contributed by atoms with Gasteiger partial charge in [-0.05, 0) is 26.2 Å². The van der Waals surface area contributed by atoms with E-state index < -0.39 is 6.04 Å². The molecular weight excluding hydrogens is 216 g/mol. The highest BCUT2D eigenvalue weighted by molar-refractivity contribution is 5.97. The number of hydrogen-bond acceptors (Lipinski definition) is 2. The summed E-state index contributed by atoms with van der Waals surface area (Å²) in [6.07, 6.45) is 2.37. The zero-order valence-corrected chi connectivity index (χ0v) is 11.1. The summed E-state index contributed by atoms with van der Waals surface area (Å²) in [6.45, 7) is 11.4. The number of hydrogen-bond donors (Lipinski definition) is 1. The van der Waals surface area contributed by atoms with Crippen molar-refractivity contribution in [3.63, 3.8) is 0 Å². The molecule has 1 rings (SSSR count). The third kappa shape index (κ3) is 2.87. The smallest absolute Gasteiger partial charge is 0.246 e. The molecule has 0 saturated carbocycles. The van der Waals surface area contributed by atoms with Crippen LogP contribution in [0.5, 0.6) is 0 Å². The third-order valence-electron chi connectivity index (χ3n) is 3.15. The molecule has 0 aromatic carbocycles. The van der Waals surface area contributed by atoms with Crippen molar-refractivity contribution in [3.05, 3.63) is 12.7 Å². The maximum atomic E-state index is 12.3. The molecule has 1 aliphatic rings. The maximum absolute atomic E-state index is 12.3. The zero-order chi connectivity index (χ0) is 13.2. The SMILES string of the molecule is C=CC(C)N1C(=O)C(CC(C)C)NC(=O)C1C. The monoisotopic (exact) mass is 238 g/mol. The zero-order valence-electron chi connectivity index (χ0n) is 11.1. The lowest BCUT2D eigenvalue weighted by molar-refractivity contribution is -0.150. The molecule has 17 heavy (non-hydrogen) atoms. The minimum atomic E-state index is -0.418. The molecule has 1 aliphatic heterocycles. The lowest BCUT2D eigenvalue weighted by Gasteiger charge is -2.40. The van der Waals surface area contributed by atoms with E-state index in [4.69, 9.17) is 0 Å². The number of piperazine rings is 1. The van der Waals surface area contributed by atoms with Crippen LogP contribution in [0.25, 0.3) is 0 Å². The Hall–Kier alpha value is -1.32. The minimum Gasteiger partial charge on any atom is -0.343 e. The van der Waals surface area contributed by atoms with Gasteiger partial charge in [-0.15, -0.1) is 6.58 Å². The van der Waals surface area contributed by atoms with Gasteiger partial charge in [-0.3, -0.25) is 9.59 Å². The van der Waals surface area contributed by atoms with E-state index >= 15 is 0 Å². The minimum absolute atomic E-state index is 0.00167. The molecule has 1 fully saturated rings. The average Bonchev–Trinajstić information content (AvgIpc) is 2.25. The molecule has 1 N–H and O–H groups in total. The lowest BCUT2D eigenvalue weighted by atomic mass is 9.98. The van der Waals surface area contributed by atoms with Crippen LogP contribution >= 0.6 is 0 Å². The van der Waals surface area contributed by atoms with Crippen LogP contribution in [0.3, 0.4) is 0 Å². The Kier molecular flexibility index (Phi) is 4.32. The van der Waals surface area contributed by atoms with E-state index in [-0.39, 0.29) is 23.9 Å². The van der Waals surface area contributed by atoms with E-state index in [0.29, 0.717) is 12.3 Å². The molecule has 0 aromatic heterocycles. The van der Waals surface area contributed by atoms with Gasteiger partial charge in [0.25, 0.3) is 0 Å². The fourth-order valence-electron chi connectivity index (χ4n) is 2.15.